The quantitative estimate of drug-likeness (QED) is 0.792. The van der Waals surface area contributed by atoms with Gasteiger partial charge in [0, 0.05) is 12.6 Å². The molecule has 0 saturated carbocycles. The van der Waals surface area contributed by atoms with Crippen molar-refractivity contribution in [2.75, 3.05) is 26.2 Å². The van der Waals surface area contributed by atoms with Gasteiger partial charge in [0.15, 0.2) is 0 Å². The number of hydrogen-bond acceptors (Lipinski definition) is 2. The molecule has 2 aliphatic rings. The predicted molar refractivity (Wildman–Crippen MR) is 69.6 cm³/mol. The Kier molecular flexibility index (Phi) is 4.66. The highest BCUT2D eigenvalue weighted by Crippen LogP contribution is 2.25. The van der Waals surface area contributed by atoms with Crippen molar-refractivity contribution in [1.29, 1.82) is 0 Å². The summed E-state index contributed by atoms with van der Waals surface area (Å²) in [6.07, 6.45) is 7.09. The summed E-state index contributed by atoms with van der Waals surface area (Å²) in [5.41, 5.74) is 0. The van der Waals surface area contributed by atoms with Gasteiger partial charge in [-0.25, -0.2) is 0 Å². The first-order chi connectivity index (χ1) is 7.77. The molecule has 16 heavy (non-hydrogen) atoms. The topological polar surface area (TPSA) is 15.3 Å². The molecular formula is C14H28N2. The van der Waals surface area contributed by atoms with E-state index in [1.807, 2.05) is 0 Å². The Hall–Kier alpha value is -0.0800. The second-order valence-corrected chi connectivity index (χ2v) is 6.00. The Morgan fingerprint density at radius 2 is 1.88 bits per heavy atom. The molecule has 2 rings (SSSR count). The standard InChI is InChI=1S/C14H28N2/c1-12(2)14-5-3-4-10-16(14)11-13-6-8-15-9-7-13/h12-15H,3-11H2,1-2H3. The lowest BCUT2D eigenvalue weighted by Gasteiger charge is -2.41. The zero-order valence-electron chi connectivity index (χ0n) is 11.0. The highest BCUT2D eigenvalue weighted by Gasteiger charge is 2.27. The number of hydrogen-bond donors (Lipinski definition) is 1. The molecule has 0 aromatic carbocycles. The van der Waals surface area contributed by atoms with Gasteiger partial charge in [0.1, 0.15) is 0 Å². The monoisotopic (exact) mass is 224 g/mol. The smallest absolute Gasteiger partial charge is 0.0118 e. The Labute approximate surface area is 101 Å². The fourth-order valence-corrected chi connectivity index (χ4v) is 3.39. The summed E-state index contributed by atoms with van der Waals surface area (Å²) in [5.74, 6) is 1.79. The molecule has 94 valence electrons. The van der Waals surface area contributed by atoms with E-state index in [0.29, 0.717) is 0 Å². The van der Waals surface area contributed by atoms with Gasteiger partial charge in [-0.2, -0.15) is 0 Å². The molecular weight excluding hydrogens is 196 g/mol. The van der Waals surface area contributed by atoms with Gasteiger partial charge in [-0.1, -0.05) is 20.3 Å². The summed E-state index contributed by atoms with van der Waals surface area (Å²) < 4.78 is 0. The normalized spacial score (nSPS) is 29.8. The van der Waals surface area contributed by atoms with Gasteiger partial charge >= 0.3 is 0 Å². The molecule has 2 heterocycles. The van der Waals surface area contributed by atoms with Crippen LogP contribution in [0, 0.1) is 11.8 Å². The molecule has 2 fully saturated rings. The van der Waals surface area contributed by atoms with Gasteiger partial charge in [-0.3, -0.25) is 4.90 Å². The van der Waals surface area contributed by atoms with E-state index in [0.717, 1.165) is 17.9 Å². The maximum Gasteiger partial charge on any atom is 0.0118 e. The number of piperidine rings is 2. The Balaban J connectivity index is 1.85. The second-order valence-electron chi connectivity index (χ2n) is 6.00. The SMILES string of the molecule is CC(C)C1CCCCN1CC1CCNCC1. The maximum absolute atomic E-state index is 3.47. The third kappa shape index (κ3) is 3.21. The molecule has 1 atom stereocenters. The van der Waals surface area contributed by atoms with Crippen LogP contribution in [0.4, 0.5) is 0 Å². The molecule has 2 saturated heterocycles. The third-order valence-electron chi connectivity index (χ3n) is 4.39. The van der Waals surface area contributed by atoms with Crippen molar-refractivity contribution in [2.45, 2.75) is 52.0 Å². The van der Waals surface area contributed by atoms with Crippen molar-refractivity contribution < 1.29 is 0 Å². The average Bonchev–Trinajstić information content (AvgIpc) is 2.31. The van der Waals surface area contributed by atoms with Crippen molar-refractivity contribution in [2.24, 2.45) is 11.8 Å². The van der Waals surface area contributed by atoms with E-state index in [2.05, 4.69) is 24.1 Å². The van der Waals surface area contributed by atoms with Gasteiger partial charge in [-0.05, 0) is 57.2 Å². The van der Waals surface area contributed by atoms with Crippen molar-refractivity contribution in [3.63, 3.8) is 0 Å². The molecule has 2 nitrogen and oxygen atoms in total. The first-order valence-electron chi connectivity index (χ1n) is 7.22. The van der Waals surface area contributed by atoms with E-state index in [-0.39, 0.29) is 0 Å². The first kappa shape index (κ1) is 12.4. The minimum Gasteiger partial charge on any atom is -0.317 e. The average molecular weight is 224 g/mol. The van der Waals surface area contributed by atoms with Crippen LogP contribution in [0.5, 0.6) is 0 Å². The molecule has 0 aromatic heterocycles. The summed E-state index contributed by atoms with van der Waals surface area (Å²) in [7, 11) is 0. The van der Waals surface area contributed by atoms with E-state index in [1.165, 1.54) is 58.3 Å². The number of nitrogens with one attached hydrogen (secondary N) is 1. The third-order valence-corrected chi connectivity index (χ3v) is 4.39. The fourth-order valence-electron chi connectivity index (χ4n) is 3.39. The minimum absolute atomic E-state index is 0.835. The molecule has 0 bridgehead atoms. The van der Waals surface area contributed by atoms with Crippen molar-refractivity contribution >= 4 is 0 Å². The van der Waals surface area contributed by atoms with Gasteiger partial charge in [0.25, 0.3) is 0 Å². The Bertz CT molecular complexity index is 197. The van der Waals surface area contributed by atoms with Crippen molar-refractivity contribution in [3.8, 4) is 0 Å². The maximum atomic E-state index is 3.47. The van der Waals surface area contributed by atoms with Gasteiger partial charge in [0.2, 0.25) is 0 Å². The highest BCUT2D eigenvalue weighted by atomic mass is 15.2. The van der Waals surface area contributed by atoms with E-state index < -0.39 is 0 Å². The van der Waals surface area contributed by atoms with Crippen LogP contribution in [0.2, 0.25) is 0 Å². The molecule has 0 amide bonds. The summed E-state index contributed by atoms with van der Waals surface area (Å²) in [6.45, 7) is 9.99. The van der Waals surface area contributed by atoms with E-state index in [4.69, 9.17) is 0 Å². The molecule has 2 aliphatic heterocycles. The Morgan fingerprint density at radius 1 is 1.12 bits per heavy atom. The van der Waals surface area contributed by atoms with Crippen LogP contribution < -0.4 is 5.32 Å². The number of likely N-dealkylation sites (tertiary alicyclic amines) is 1. The number of nitrogens with zero attached hydrogens (tertiary/aromatic N) is 1. The molecule has 0 aliphatic carbocycles. The summed E-state index contributed by atoms with van der Waals surface area (Å²) in [4.78, 5) is 2.80. The second kappa shape index (κ2) is 6.02. The largest absolute Gasteiger partial charge is 0.317 e. The highest BCUT2D eigenvalue weighted by molar-refractivity contribution is 4.82. The summed E-state index contributed by atoms with van der Waals surface area (Å²) in [5, 5.41) is 3.47. The summed E-state index contributed by atoms with van der Waals surface area (Å²) >= 11 is 0. The minimum atomic E-state index is 0.835. The van der Waals surface area contributed by atoms with Crippen LogP contribution in [0.1, 0.15) is 46.0 Å². The lowest BCUT2D eigenvalue weighted by Crippen LogP contribution is -2.46. The van der Waals surface area contributed by atoms with Crippen molar-refractivity contribution in [1.82, 2.24) is 10.2 Å². The molecule has 0 spiro atoms. The molecule has 1 N–H and O–H groups in total. The Morgan fingerprint density at radius 3 is 2.56 bits per heavy atom. The lowest BCUT2D eigenvalue weighted by molar-refractivity contribution is 0.0863. The lowest BCUT2D eigenvalue weighted by atomic mass is 9.90. The zero-order chi connectivity index (χ0) is 11.4. The van der Waals surface area contributed by atoms with Crippen LogP contribution >= 0.6 is 0 Å². The predicted octanol–water partition coefficient (Wildman–Crippen LogP) is 2.50. The fraction of sp³-hybridized carbons (Fsp3) is 1.00. The molecule has 1 unspecified atom stereocenters. The van der Waals surface area contributed by atoms with E-state index >= 15 is 0 Å². The van der Waals surface area contributed by atoms with Crippen LogP contribution in [-0.4, -0.2) is 37.1 Å². The number of rotatable bonds is 3. The van der Waals surface area contributed by atoms with E-state index in [1.54, 1.807) is 0 Å². The van der Waals surface area contributed by atoms with Crippen LogP contribution in [0.15, 0.2) is 0 Å². The zero-order valence-corrected chi connectivity index (χ0v) is 11.0. The molecule has 0 aromatic rings. The van der Waals surface area contributed by atoms with Crippen LogP contribution in [0.3, 0.4) is 0 Å². The van der Waals surface area contributed by atoms with E-state index in [9.17, 15) is 0 Å². The summed E-state index contributed by atoms with van der Waals surface area (Å²) in [6, 6.07) is 0.864. The van der Waals surface area contributed by atoms with Crippen LogP contribution in [0.25, 0.3) is 0 Å². The molecule has 0 radical (unpaired) electrons. The molecule has 2 heteroatoms. The van der Waals surface area contributed by atoms with Crippen LogP contribution in [-0.2, 0) is 0 Å². The van der Waals surface area contributed by atoms with Gasteiger partial charge in [0.05, 0.1) is 0 Å². The van der Waals surface area contributed by atoms with Gasteiger partial charge in [-0.15, -0.1) is 0 Å². The van der Waals surface area contributed by atoms with Crippen molar-refractivity contribution in [3.05, 3.63) is 0 Å². The first-order valence-corrected chi connectivity index (χ1v) is 7.22. The van der Waals surface area contributed by atoms with Gasteiger partial charge < -0.3 is 5.32 Å².